The number of piperidine rings is 1. The van der Waals surface area contributed by atoms with E-state index in [1.807, 2.05) is 0 Å². The second-order valence-corrected chi connectivity index (χ2v) is 5.62. The molecule has 0 aromatic carbocycles. The Bertz CT molecular complexity index is 181. The van der Waals surface area contributed by atoms with Gasteiger partial charge in [0, 0.05) is 33.4 Å². The number of likely N-dealkylation sites (tertiary alicyclic amines) is 1. The van der Waals surface area contributed by atoms with Gasteiger partial charge in [-0.25, -0.2) is 0 Å². The number of nitrogens with zero attached hydrogens (tertiary/aromatic N) is 1. The summed E-state index contributed by atoms with van der Waals surface area (Å²) in [6, 6.07) is 0. The van der Waals surface area contributed by atoms with E-state index in [4.69, 9.17) is 9.47 Å². The third-order valence-electron chi connectivity index (χ3n) is 2.88. The second kappa shape index (κ2) is 6.58. The first-order chi connectivity index (χ1) is 7.51. The standard InChI is InChI=1S/C13H27NO2/c1-13(2,3)16-12-6-9-14(10-7-12)8-5-11-15-4/h12H,5-11H2,1-4H3. The molecule has 1 aliphatic heterocycles. The molecule has 0 radical (unpaired) electrons. The van der Waals surface area contributed by atoms with Crippen LogP contribution >= 0.6 is 0 Å². The molecule has 0 aliphatic carbocycles. The predicted octanol–water partition coefficient (Wildman–Crippen LogP) is 2.30. The molecule has 1 rings (SSSR count). The van der Waals surface area contributed by atoms with Gasteiger partial charge in [-0.1, -0.05) is 0 Å². The molecule has 0 spiro atoms. The van der Waals surface area contributed by atoms with Crippen molar-refractivity contribution in [3.05, 3.63) is 0 Å². The number of rotatable bonds is 5. The van der Waals surface area contributed by atoms with Crippen molar-refractivity contribution >= 4 is 0 Å². The van der Waals surface area contributed by atoms with Crippen LogP contribution in [0.3, 0.4) is 0 Å². The molecule has 96 valence electrons. The Morgan fingerprint density at radius 1 is 1.19 bits per heavy atom. The topological polar surface area (TPSA) is 21.7 Å². The Morgan fingerprint density at radius 2 is 1.81 bits per heavy atom. The molecule has 0 bridgehead atoms. The minimum atomic E-state index is 0.00286. The number of hydrogen-bond acceptors (Lipinski definition) is 3. The van der Waals surface area contributed by atoms with E-state index in [-0.39, 0.29) is 5.60 Å². The average molecular weight is 229 g/mol. The summed E-state index contributed by atoms with van der Waals surface area (Å²) in [5.74, 6) is 0. The van der Waals surface area contributed by atoms with Gasteiger partial charge in [-0.2, -0.15) is 0 Å². The van der Waals surface area contributed by atoms with E-state index in [1.165, 1.54) is 25.9 Å². The normalized spacial score (nSPS) is 20.2. The second-order valence-electron chi connectivity index (χ2n) is 5.62. The SMILES string of the molecule is COCCCN1CCC(OC(C)(C)C)CC1. The molecule has 3 heteroatoms. The molecule has 1 aliphatic rings. The molecule has 0 N–H and O–H groups in total. The highest BCUT2D eigenvalue weighted by atomic mass is 16.5. The molecule has 1 heterocycles. The highest BCUT2D eigenvalue weighted by molar-refractivity contribution is 4.75. The molecule has 1 saturated heterocycles. The predicted molar refractivity (Wildman–Crippen MR) is 66.8 cm³/mol. The fourth-order valence-electron chi connectivity index (χ4n) is 2.18. The van der Waals surface area contributed by atoms with Gasteiger partial charge in [0.15, 0.2) is 0 Å². The summed E-state index contributed by atoms with van der Waals surface area (Å²) in [6.07, 6.45) is 3.94. The first-order valence-corrected chi connectivity index (χ1v) is 6.40. The number of methoxy groups -OCH3 is 1. The molecule has 0 aromatic heterocycles. The minimum absolute atomic E-state index is 0.00286. The molecular weight excluding hydrogens is 202 g/mol. The first kappa shape index (κ1) is 13.9. The smallest absolute Gasteiger partial charge is 0.0606 e. The van der Waals surface area contributed by atoms with Crippen molar-refractivity contribution in [3.8, 4) is 0 Å². The summed E-state index contributed by atoms with van der Waals surface area (Å²) in [4.78, 5) is 2.52. The van der Waals surface area contributed by atoms with Crippen LogP contribution < -0.4 is 0 Å². The van der Waals surface area contributed by atoms with Crippen molar-refractivity contribution in [1.82, 2.24) is 4.90 Å². The van der Waals surface area contributed by atoms with Gasteiger partial charge in [0.1, 0.15) is 0 Å². The molecule has 0 atom stereocenters. The zero-order valence-electron chi connectivity index (χ0n) is 11.3. The van der Waals surface area contributed by atoms with Crippen molar-refractivity contribution in [1.29, 1.82) is 0 Å². The summed E-state index contributed by atoms with van der Waals surface area (Å²) < 4.78 is 11.1. The van der Waals surface area contributed by atoms with Crippen LogP contribution in [0, 0.1) is 0 Å². The fourth-order valence-corrected chi connectivity index (χ4v) is 2.18. The molecule has 0 amide bonds. The molecule has 3 nitrogen and oxygen atoms in total. The lowest BCUT2D eigenvalue weighted by molar-refractivity contribution is -0.0822. The van der Waals surface area contributed by atoms with Crippen LogP contribution in [-0.4, -0.2) is 50.0 Å². The van der Waals surface area contributed by atoms with Crippen molar-refractivity contribution in [2.45, 2.75) is 51.7 Å². The van der Waals surface area contributed by atoms with Gasteiger partial charge >= 0.3 is 0 Å². The Balaban J connectivity index is 2.13. The average Bonchev–Trinajstić information content (AvgIpc) is 2.19. The Morgan fingerprint density at radius 3 is 2.31 bits per heavy atom. The van der Waals surface area contributed by atoms with Crippen molar-refractivity contribution in [3.63, 3.8) is 0 Å². The molecule has 0 unspecified atom stereocenters. The van der Waals surface area contributed by atoms with Gasteiger partial charge in [-0.15, -0.1) is 0 Å². The van der Waals surface area contributed by atoms with Gasteiger partial charge in [0.25, 0.3) is 0 Å². The first-order valence-electron chi connectivity index (χ1n) is 6.40. The summed E-state index contributed by atoms with van der Waals surface area (Å²) in [5, 5.41) is 0. The maximum atomic E-state index is 6.00. The lowest BCUT2D eigenvalue weighted by atomic mass is 10.1. The van der Waals surface area contributed by atoms with Gasteiger partial charge in [0.2, 0.25) is 0 Å². The molecule has 16 heavy (non-hydrogen) atoms. The third-order valence-corrected chi connectivity index (χ3v) is 2.88. The quantitative estimate of drug-likeness (QED) is 0.675. The van der Waals surface area contributed by atoms with Crippen LogP contribution in [0.5, 0.6) is 0 Å². The number of hydrogen-bond donors (Lipinski definition) is 0. The zero-order chi connectivity index (χ0) is 12.0. The maximum Gasteiger partial charge on any atom is 0.0606 e. The Labute approximate surface area is 100 Å². The summed E-state index contributed by atoms with van der Waals surface area (Å²) in [5.41, 5.74) is 0.00286. The van der Waals surface area contributed by atoms with E-state index >= 15 is 0 Å². The molecule has 0 aromatic rings. The molecule has 1 fully saturated rings. The fraction of sp³-hybridized carbons (Fsp3) is 1.00. The van der Waals surface area contributed by atoms with E-state index < -0.39 is 0 Å². The van der Waals surface area contributed by atoms with E-state index in [1.54, 1.807) is 7.11 Å². The lowest BCUT2D eigenvalue weighted by Gasteiger charge is -2.35. The molecular formula is C13H27NO2. The lowest BCUT2D eigenvalue weighted by Crippen LogP contribution is -2.40. The highest BCUT2D eigenvalue weighted by Crippen LogP contribution is 2.20. The van der Waals surface area contributed by atoms with Crippen LogP contribution in [0.2, 0.25) is 0 Å². The monoisotopic (exact) mass is 229 g/mol. The summed E-state index contributed by atoms with van der Waals surface area (Å²) in [7, 11) is 1.77. The minimum Gasteiger partial charge on any atom is -0.385 e. The van der Waals surface area contributed by atoms with Crippen LogP contribution in [0.4, 0.5) is 0 Å². The molecule has 0 saturated carbocycles. The van der Waals surface area contributed by atoms with Crippen LogP contribution in [0.1, 0.15) is 40.0 Å². The van der Waals surface area contributed by atoms with E-state index in [9.17, 15) is 0 Å². The maximum absolute atomic E-state index is 6.00. The Kier molecular flexibility index (Phi) is 5.73. The van der Waals surface area contributed by atoms with Crippen LogP contribution in [-0.2, 0) is 9.47 Å². The van der Waals surface area contributed by atoms with Crippen LogP contribution in [0.25, 0.3) is 0 Å². The van der Waals surface area contributed by atoms with E-state index in [0.29, 0.717) is 6.10 Å². The third kappa shape index (κ3) is 5.83. The summed E-state index contributed by atoms with van der Waals surface area (Å²) in [6.45, 7) is 10.8. The highest BCUT2D eigenvalue weighted by Gasteiger charge is 2.23. The number of ether oxygens (including phenoxy) is 2. The van der Waals surface area contributed by atoms with Crippen LogP contribution in [0.15, 0.2) is 0 Å². The van der Waals surface area contributed by atoms with Gasteiger partial charge in [0.05, 0.1) is 11.7 Å². The Hall–Kier alpha value is -0.120. The van der Waals surface area contributed by atoms with Gasteiger partial charge in [-0.05, 0) is 40.0 Å². The largest absolute Gasteiger partial charge is 0.385 e. The zero-order valence-corrected chi connectivity index (χ0v) is 11.3. The van der Waals surface area contributed by atoms with E-state index in [2.05, 4.69) is 25.7 Å². The van der Waals surface area contributed by atoms with E-state index in [0.717, 1.165) is 19.6 Å². The van der Waals surface area contributed by atoms with Crippen molar-refractivity contribution in [2.24, 2.45) is 0 Å². The van der Waals surface area contributed by atoms with Gasteiger partial charge < -0.3 is 14.4 Å². The van der Waals surface area contributed by atoms with Crippen molar-refractivity contribution < 1.29 is 9.47 Å². The summed E-state index contributed by atoms with van der Waals surface area (Å²) >= 11 is 0. The van der Waals surface area contributed by atoms with Gasteiger partial charge in [-0.3, -0.25) is 0 Å². The van der Waals surface area contributed by atoms with Crippen molar-refractivity contribution in [2.75, 3.05) is 33.4 Å².